The molecule has 0 heterocycles. The van der Waals surface area contributed by atoms with E-state index in [9.17, 15) is 0 Å². The maximum absolute atomic E-state index is 6.21. The van der Waals surface area contributed by atoms with Gasteiger partial charge in [0.25, 0.3) is 0 Å². The van der Waals surface area contributed by atoms with Crippen molar-refractivity contribution in [2.45, 2.75) is 6.61 Å². The van der Waals surface area contributed by atoms with E-state index in [1.807, 2.05) is 6.07 Å². The Morgan fingerprint density at radius 3 is 2.41 bits per heavy atom. The fraction of sp³-hybridized carbons (Fsp3) is 0.133. The molecular weight excluding hydrogens is 365 g/mol. The van der Waals surface area contributed by atoms with Crippen molar-refractivity contribution in [1.29, 1.82) is 0 Å². The zero-order chi connectivity index (χ0) is 16.3. The van der Waals surface area contributed by atoms with Crippen LogP contribution in [0.3, 0.4) is 0 Å². The molecule has 0 spiro atoms. The van der Waals surface area contributed by atoms with Gasteiger partial charge in [0, 0.05) is 5.56 Å². The summed E-state index contributed by atoms with van der Waals surface area (Å²) in [5.74, 6) is 0.866. The first kappa shape index (κ1) is 17.2. The van der Waals surface area contributed by atoms with Crippen LogP contribution in [0.1, 0.15) is 11.1 Å². The predicted molar refractivity (Wildman–Crippen MR) is 94.7 cm³/mol. The Hall–Kier alpha value is -1.20. The van der Waals surface area contributed by atoms with Crippen LogP contribution in [-0.4, -0.2) is 12.1 Å². The van der Waals surface area contributed by atoms with E-state index in [1.165, 1.54) is 7.11 Å². The molecule has 0 saturated carbocycles. The van der Waals surface area contributed by atoms with E-state index in [1.54, 1.807) is 24.3 Å². The number of hydrogen-bond donors (Lipinski definition) is 1. The van der Waals surface area contributed by atoms with Crippen LogP contribution in [0.2, 0.25) is 15.1 Å². The minimum absolute atomic E-state index is 0.233. The van der Waals surface area contributed by atoms with E-state index in [4.69, 9.17) is 62.2 Å². The first-order valence-corrected chi connectivity index (χ1v) is 7.70. The van der Waals surface area contributed by atoms with Gasteiger partial charge in [-0.25, -0.2) is 0 Å². The van der Waals surface area contributed by atoms with Crippen LogP contribution >= 0.6 is 47.0 Å². The number of benzene rings is 2. The van der Waals surface area contributed by atoms with Gasteiger partial charge >= 0.3 is 0 Å². The molecule has 2 N–H and O–H groups in total. The first-order valence-electron chi connectivity index (χ1n) is 6.16. The molecule has 22 heavy (non-hydrogen) atoms. The van der Waals surface area contributed by atoms with Gasteiger partial charge in [-0.2, -0.15) is 0 Å². The molecule has 0 fully saturated rings. The van der Waals surface area contributed by atoms with Crippen LogP contribution in [0.5, 0.6) is 11.5 Å². The number of hydrogen-bond acceptors (Lipinski definition) is 3. The zero-order valence-electron chi connectivity index (χ0n) is 11.5. The van der Waals surface area contributed by atoms with Crippen LogP contribution in [0, 0.1) is 0 Å². The van der Waals surface area contributed by atoms with Crippen LogP contribution in [0.25, 0.3) is 0 Å². The third-order valence-corrected chi connectivity index (χ3v) is 4.14. The van der Waals surface area contributed by atoms with Crippen molar-refractivity contribution in [3.05, 3.63) is 56.5 Å². The van der Waals surface area contributed by atoms with Gasteiger partial charge in [-0.15, -0.1) is 0 Å². The second-order valence-corrected chi connectivity index (χ2v) is 6.05. The van der Waals surface area contributed by atoms with Gasteiger partial charge in [0.05, 0.1) is 22.2 Å². The van der Waals surface area contributed by atoms with Crippen molar-refractivity contribution in [2.24, 2.45) is 5.73 Å². The fourth-order valence-electron chi connectivity index (χ4n) is 1.79. The van der Waals surface area contributed by atoms with Crippen LogP contribution in [-0.2, 0) is 6.61 Å². The average Bonchev–Trinajstić information content (AvgIpc) is 2.48. The minimum atomic E-state index is 0.233. The van der Waals surface area contributed by atoms with Crippen molar-refractivity contribution in [2.75, 3.05) is 7.11 Å². The zero-order valence-corrected chi connectivity index (χ0v) is 14.6. The van der Waals surface area contributed by atoms with Crippen LogP contribution < -0.4 is 15.2 Å². The van der Waals surface area contributed by atoms with E-state index >= 15 is 0 Å². The second kappa shape index (κ2) is 7.38. The second-order valence-electron chi connectivity index (χ2n) is 4.39. The summed E-state index contributed by atoms with van der Waals surface area (Å²) in [4.78, 5) is 0.233. The predicted octanol–water partition coefficient (Wildman–Crippen LogP) is 4.87. The molecule has 2 aromatic rings. The highest BCUT2D eigenvalue weighted by Gasteiger charge is 2.13. The molecule has 0 aliphatic heterocycles. The lowest BCUT2D eigenvalue weighted by Crippen LogP contribution is -2.10. The molecule has 0 saturated heterocycles. The summed E-state index contributed by atoms with van der Waals surface area (Å²) >= 11 is 23.0. The standard InChI is InChI=1S/C15H12Cl3NO2S/c1-20-13-6-9(15(19)22)5-12(18)14(13)21-7-8-2-3-10(16)11(17)4-8/h2-6H,7H2,1H3,(H2,19,22). The molecule has 116 valence electrons. The number of methoxy groups -OCH3 is 1. The van der Waals surface area contributed by atoms with Crippen molar-refractivity contribution in [3.8, 4) is 11.5 Å². The Kier molecular flexibility index (Phi) is 5.75. The van der Waals surface area contributed by atoms with Crippen molar-refractivity contribution in [1.82, 2.24) is 0 Å². The SMILES string of the molecule is COc1cc(C(N)=S)cc(Cl)c1OCc1ccc(Cl)c(Cl)c1. The van der Waals surface area contributed by atoms with E-state index in [2.05, 4.69) is 0 Å². The fourth-order valence-corrected chi connectivity index (χ4v) is 2.49. The van der Waals surface area contributed by atoms with Gasteiger partial charge in [-0.3, -0.25) is 0 Å². The lowest BCUT2D eigenvalue weighted by molar-refractivity contribution is 0.284. The summed E-state index contributed by atoms with van der Waals surface area (Å²) < 4.78 is 11.0. The van der Waals surface area contributed by atoms with Gasteiger partial charge in [0.2, 0.25) is 0 Å². The van der Waals surface area contributed by atoms with Crippen molar-refractivity contribution in [3.63, 3.8) is 0 Å². The summed E-state index contributed by atoms with van der Waals surface area (Å²) in [6.45, 7) is 0.263. The molecule has 0 bridgehead atoms. The highest BCUT2D eigenvalue weighted by molar-refractivity contribution is 7.80. The molecule has 2 aromatic carbocycles. The smallest absolute Gasteiger partial charge is 0.180 e. The average molecular weight is 377 g/mol. The Morgan fingerprint density at radius 2 is 1.82 bits per heavy atom. The summed E-state index contributed by atoms with van der Waals surface area (Å²) in [6, 6.07) is 8.57. The molecule has 2 rings (SSSR count). The third-order valence-electron chi connectivity index (χ3n) is 2.88. The Balaban J connectivity index is 2.25. The molecule has 7 heteroatoms. The molecule has 0 amide bonds. The highest BCUT2D eigenvalue weighted by Crippen LogP contribution is 2.37. The Morgan fingerprint density at radius 1 is 1.09 bits per heavy atom. The van der Waals surface area contributed by atoms with Gasteiger partial charge < -0.3 is 15.2 Å². The lowest BCUT2D eigenvalue weighted by atomic mass is 10.2. The van der Waals surface area contributed by atoms with E-state index in [0.717, 1.165) is 5.56 Å². The molecule has 0 radical (unpaired) electrons. The number of halogens is 3. The topological polar surface area (TPSA) is 44.5 Å². The van der Waals surface area contributed by atoms with Gasteiger partial charge in [-0.05, 0) is 29.8 Å². The maximum atomic E-state index is 6.21. The quantitative estimate of drug-likeness (QED) is 0.756. The first-order chi connectivity index (χ1) is 10.4. The monoisotopic (exact) mass is 375 g/mol. The summed E-state index contributed by atoms with van der Waals surface area (Å²) in [7, 11) is 1.51. The third kappa shape index (κ3) is 3.96. The summed E-state index contributed by atoms with van der Waals surface area (Å²) in [5.41, 5.74) is 7.06. The summed E-state index contributed by atoms with van der Waals surface area (Å²) in [6.07, 6.45) is 0. The van der Waals surface area contributed by atoms with E-state index < -0.39 is 0 Å². The minimum Gasteiger partial charge on any atom is -0.493 e. The molecule has 3 nitrogen and oxygen atoms in total. The maximum Gasteiger partial charge on any atom is 0.180 e. The van der Waals surface area contributed by atoms with Crippen LogP contribution in [0.4, 0.5) is 0 Å². The molecule has 0 aromatic heterocycles. The molecular formula is C15H12Cl3NO2S. The molecule has 0 aliphatic rings. The van der Waals surface area contributed by atoms with Crippen LogP contribution in [0.15, 0.2) is 30.3 Å². The number of nitrogens with two attached hydrogens (primary N) is 1. The largest absolute Gasteiger partial charge is 0.493 e. The lowest BCUT2D eigenvalue weighted by Gasteiger charge is -2.14. The molecule has 0 atom stereocenters. The number of rotatable bonds is 5. The van der Waals surface area contributed by atoms with Crippen molar-refractivity contribution >= 4 is 52.0 Å². The van der Waals surface area contributed by atoms with Gasteiger partial charge in [0.1, 0.15) is 11.6 Å². The normalized spacial score (nSPS) is 10.4. The van der Waals surface area contributed by atoms with Gasteiger partial charge in [-0.1, -0.05) is 53.1 Å². The highest BCUT2D eigenvalue weighted by atomic mass is 35.5. The Labute approximate surface area is 148 Å². The number of ether oxygens (including phenoxy) is 2. The summed E-state index contributed by atoms with van der Waals surface area (Å²) in [5, 5.41) is 1.31. The molecule has 0 aliphatic carbocycles. The van der Waals surface area contributed by atoms with E-state index in [-0.39, 0.29) is 11.6 Å². The van der Waals surface area contributed by atoms with Crippen molar-refractivity contribution < 1.29 is 9.47 Å². The van der Waals surface area contributed by atoms with Gasteiger partial charge in [0.15, 0.2) is 11.5 Å². The Bertz CT molecular complexity index is 722. The van der Waals surface area contributed by atoms with E-state index in [0.29, 0.717) is 32.1 Å². The number of thiocarbonyl (C=S) groups is 1. The molecule has 0 unspecified atom stereocenters.